The largest absolute Gasteiger partial charge is 0.334 e. The van der Waals surface area contributed by atoms with Gasteiger partial charge in [-0.05, 0) is 36.8 Å². The summed E-state index contributed by atoms with van der Waals surface area (Å²) in [6.07, 6.45) is 6.65. The van der Waals surface area contributed by atoms with E-state index in [0.717, 1.165) is 22.7 Å². The first-order valence-corrected chi connectivity index (χ1v) is 7.73. The summed E-state index contributed by atoms with van der Waals surface area (Å²) < 4.78 is 0. The zero-order valence-corrected chi connectivity index (χ0v) is 12.0. The predicted octanol–water partition coefficient (Wildman–Crippen LogP) is 1.80. The fraction of sp³-hybridized carbons (Fsp3) is 0.467. The first kappa shape index (κ1) is 13.3. The molecule has 2 aliphatic rings. The summed E-state index contributed by atoms with van der Waals surface area (Å²) in [6.45, 7) is 1.33. The van der Waals surface area contributed by atoms with Crippen LogP contribution in [0.15, 0.2) is 18.2 Å². The standard InChI is InChI=1S/C15H17N3OS/c16-8-12-7-11-5-6-18(9-14(11)20-12)15(19)4-3-13(17)10-1-2-10/h3-4,7,10,13H,1-2,5-6,9,17H2/b4-3+. The van der Waals surface area contributed by atoms with Crippen molar-refractivity contribution < 1.29 is 4.79 Å². The molecule has 0 saturated heterocycles. The van der Waals surface area contributed by atoms with Gasteiger partial charge >= 0.3 is 0 Å². The average Bonchev–Trinajstić information content (AvgIpc) is 3.23. The SMILES string of the molecule is N#Cc1cc2c(s1)CN(C(=O)/C=C/C(N)C1CC1)CC2. The molecule has 0 bridgehead atoms. The van der Waals surface area contributed by atoms with E-state index < -0.39 is 0 Å². The molecular weight excluding hydrogens is 270 g/mol. The van der Waals surface area contributed by atoms with Gasteiger partial charge in [0.05, 0.1) is 6.54 Å². The second-order valence-corrected chi connectivity index (χ2v) is 6.59. The van der Waals surface area contributed by atoms with E-state index in [1.807, 2.05) is 17.0 Å². The monoisotopic (exact) mass is 287 g/mol. The van der Waals surface area contributed by atoms with E-state index in [0.29, 0.717) is 12.5 Å². The predicted molar refractivity (Wildman–Crippen MR) is 78.0 cm³/mol. The van der Waals surface area contributed by atoms with E-state index in [1.165, 1.54) is 29.7 Å². The number of thiophene rings is 1. The molecule has 104 valence electrons. The molecule has 1 amide bonds. The Morgan fingerprint density at radius 3 is 3.10 bits per heavy atom. The van der Waals surface area contributed by atoms with Crippen LogP contribution in [0.25, 0.3) is 0 Å². The number of hydrogen-bond donors (Lipinski definition) is 1. The minimum atomic E-state index is 0.0197. The van der Waals surface area contributed by atoms with E-state index in [9.17, 15) is 4.79 Å². The second-order valence-electron chi connectivity index (χ2n) is 5.45. The van der Waals surface area contributed by atoms with Crippen LogP contribution >= 0.6 is 11.3 Å². The maximum Gasteiger partial charge on any atom is 0.246 e. The summed E-state index contributed by atoms with van der Waals surface area (Å²) in [4.78, 5) is 15.9. The van der Waals surface area contributed by atoms with E-state index >= 15 is 0 Å². The maximum absolute atomic E-state index is 12.2. The highest BCUT2D eigenvalue weighted by atomic mass is 32.1. The van der Waals surface area contributed by atoms with Gasteiger partial charge < -0.3 is 10.6 Å². The van der Waals surface area contributed by atoms with Crippen molar-refractivity contribution in [1.29, 1.82) is 5.26 Å². The molecule has 5 heteroatoms. The van der Waals surface area contributed by atoms with Crippen molar-refractivity contribution in [2.75, 3.05) is 6.54 Å². The number of rotatable bonds is 3. The van der Waals surface area contributed by atoms with Crippen molar-refractivity contribution in [1.82, 2.24) is 4.90 Å². The lowest BCUT2D eigenvalue weighted by Crippen LogP contribution is -2.34. The highest BCUT2D eigenvalue weighted by Gasteiger charge is 2.27. The van der Waals surface area contributed by atoms with E-state index in [2.05, 4.69) is 6.07 Å². The van der Waals surface area contributed by atoms with Gasteiger partial charge in [0.25, 0.3) is 0 Å². The van der Waals surface area contributed by atoms with Crippen LogP contribution in [0, 0.1) is 17.2 Å². The van der Waals surface area contributed by atoms with Crippen LogP contribution in [0.1, 0.15) is 28.2 Å². The van der Waals surface area contributed by atoms with Gasteiger partial charge in [0, 0.05) is 23.5 Å². The quantitative estimate of drug-likeness (QED) is 0.862. The molecule has 1 unspecified atom stereocenters. The Bertz CT molecular complexity index is 595. The van der Waals surface area contributed by atoms with E-state index in [-0.39, 0.29) is 11.9 Å². The number of amides is 1. The zero-order chi connectivity index (χ0) is 14.1. The van der Waals surface area contributed by atoms with E-state index in [1.54, 1.807) is 6.08 Å². The minimum Gasteiger partial charge on any atom is -0.334 e. The third-order valence-electron chi connectivity index (χ3n) is 3.93. The summed E-state index contributed by atoms with van der Waals surface area (Å²) in [7, 11) is 0. The summed E-state index contributed by atoms with van der Waals surface area (Å²) in [6, 6.07) is 4.14. The van der Waals surface area contributed by atoms with Crippen LogP contribution in [-0.4, -0.2) is 23.4 Å². The Hall–Kier alpha value is -1.64. The number of nitriles is 1. The van der Waals surface area contributed by atoms with Gasteiger partial charge in [-0.2, -0.15) is 5.26 Å². The molecule has 1 atom stereocenters. The smallest absolute Gasteiger partial charge is 0.246 e. The van der Waals surface area contributed by atoms with Gasteiger partial charge in [-0.1, -0.05) is 6.08 Å². The van der Waals surface area contributed by atoms with Crippen molar-refractivity contribution in [2.45, 2.75) is 31.8 Å². The number of carbonyl (C=O) groups is 1. The average molecular weight is 287 g/mol. The van der Waals surface area contributed by atoms with Crippen LogP contribution < -0.4 is 5.73 Å². The third-order valence-corrected chi connectivity index (χ3v) is 5.00. The number of hydrogen-bond acceptors (Lipinski definition) is 4. The molecule has 0 spiro atoms. The van der Waals surface area contributed by atoms with Crippen molar-refractivity contribution in [3.8, 4) is 6.07 Å². The lowest BCUT2D eigenvalue weighted by molar-refractivity contribution is -0.126. The third kappa shape index (κ3) is 2.77. The van der Waals surface area contributed by atoms with Crippen LogP contribution in [-0.2, 0) is 17.8 Å². The van der Waals surface area contributed by atoms with Crippen molar-refractivity contribution in [3.63, 3.8) is 0 Å². The highest BCUT2D eigenvalue weighted by molar-refractivity contribution is 7.12. The highest BCUT2D eigenvalue weighted by Crippen LogP contribution is 2.32. The molecule has 2 N–H and O–H groups in total. The molecule has 1 aromatic heterocycles. The first-order chi connectivity index (χ1) is 9.67. The first-order valence-electron chi connectivity index (χ1n) is 6.92. The van der Waals surface area contributed by atoms with Gasteiger partial charge in [-0.3, -0.25) is 4.79 Å². The van der Waals surface area contributed by atoms with Crippen LogP contribution in [0.5, 0.6) is 0 Å². The fourth-order valence-electron chi connectivity index (χ4n) is 2.50. The fourth-order valence-corrected chi connectivity index (χ4v) is 3.52. The van der Waals surface area contributed by atoms with Crippen molar-refractivity contribution in [3.05, 3.63) is 33.5 Å². The Kier molecular flexibility index (Phi) is 3.60. The number of carbonyl (C=O) groups excluding carboxylic acids is 1. The van der Waals surface area contributed by atoms with Crippen LogP contribution in [0.3, 0.4) is 0 Å². The molecule has 0 aromatic carbocycles. The minimum absolute atomic E-state index is 0.0197. The molecule has 3 rings (SSSR count). The lowest BCUT2D eigenvalue weighted by Gasteiger charge is -2.25. The molecule has 2 heterocycles. The van der Waals surface area contributed by atoms with Gasteiger partial charge in [-0.15, -0.1) is 11.3 Å². The molecule has 1 aliphatic carbocycles. The van der Waals surface area contributed by atoms with E-state index in [4.69, 9.17) is 11.0 Å². The topological polar surface area (TPSA) is 70.1 Å². The summed E-state index contributed by atoms with van der Waals surface area (Å²) in [5, 5.41) is 8.92. The summed E-state index contributed by atoms with van der Waals surface area (Å²) in [5.74, 6) is 0.598. The lowest BCUT2D eigenvalue weighted by atomic mass is 10.1. The summed E-state index contributed by atoms with van der Waals surface area (Å²) >= 11 is 1.49. The normalized spacial score (nSPS) is 19.7. The molecule has 1 fully saturated rings. The number of nitrogens with zero attached hydrogens (tertiary/aromatic N) is 2. The molecular formula is C15H17N3OS. The molecule has 0 radical (unpaired) electrons. The second kappa shape index (κ2) is 5.39. The van der Waals surface area contributed by atoms with Gasteiger partial charge in [0.15, 0.2) is 0 Å². The number of fused-ring (bicyclic) bond motifs is 1. The van der Waals surface area contributed by atoms with Gasteiger partial charge in [0.2, 0.25) is 5.91 Å². The molecule has 20 heavy (non-hydrogen) atoms. The molecule has 1 saturated carbocycles. The maximum atomic E-state index is 12.2. The Balaban J connectivity index is 1.64. The summed E-state index contributed by atoms with van der Waals surface area (Å²) in [5.41, 5.74) is 7.18. The Morgan fingerprint density at radius 2 is 2.40 bits per heavy atom. The van der Waals surface area contributed by atoms with Crippen LogP contribution in [0.2, 0.25) is 0 Å². The Labute approximate surface area is 122 Å². The molecule has 1 aromatic rings. The van der Waals surface area contributed by atoms with Crippen LogP contribution in [0.4, 0.5) is 0 Å². The molecule has 1 aliphatic heterocycles. The van der Waals surface area contributed by atoms with Crippen molar-refractivity contribution in [2.24, 2.45) is 11.7 Å². The van der Waals surface area contributed by atoms with Gasteiger partial charge in [0.1, 0.15) is 10.9 Å². The van der Waals surface area contributed by atoms with Gasteiger partial charge in [-0.25, -0.2) is 0 Å². The number of nitrogens with two attached hydrogens (primary N) is 1. The zero-order valence-electron chi connectivity index (χ0n) is 11.2. The molecule has 4 nitrogen and oxygen atoms in total. The Morgan fingerprint density at radius 1 is 1.60 bits per heavy atom. The van der Waals surface area contributed by atoms with Crippen molar-refractivity contribution >= 4 is 17.2 Å².